The van der Waals surface area contributed by atoms with Gasteiger partial charge in [0, 0.05) is 17.2 Å². The molecule has 2 amide bonds. The van der Waals surface area contributed by atoms with Crippen LogP contribution < -0.4 is 0 Å². The van der Waals surface area contributed by atoms with Crippen LogP contribution >= 0.6 is 23.4 Å². The molecule has 168 valence electrons. The minimum atomic E-state index is -0.540. The van der Waals surface area contributed by atoms with Crippen LogP contribution in [0, 0.1) is 10.1 Å². The van der Waals surface area contributed by atoms with Crippen molar-refractivity contribution in [1.29, 1.82) is 0 Å². The Kier molecular flexibility index (Phi) is 5.69. The first kappa shape index (κ1) is 21.9. The summed E-state index contributed by atoms with van der Waals surface area (Å²) >= 11 is 6.71. The molecule has 1 aromatic heterocycles. The van der Waals surface area contributed by atoms with Crippen LogP contribution in [0.2, 0.25) is 5.02 Å². The molecular formula is C25H15ClN2O5S. The Bertz CT molecular complexity index is 1500. The monoisotopic (exact) mass is 490 g/mol. The Hall–Kier alpha value is -3.88. The average molecular weight is 491 g/mol. The maximum absolute atomic E-state index is 13.0. The summed E-state index contributed by atoms with van der Waals surface area (Å²) < 4.78 is 5.74. The van der Waals surface area contributed by atoms with Gasteiger partial charge in [0.25, 0.3) is 16.8 Å². The molecule has 5 rings (SSSR count). The van der Waals surface area contributed by atoms with Gasteiger partial charge in [-0.05, 0) is 52.4 Å². The van der Waals surface area contributed by atoms with E-state index in [0.717, 1.165) is 28.1 Å². The maximum Gasteiger partial charge on any atom is 0.293 e. The minimum absolute atomic E-state index is 0.156. The van der Waals surface area contributed by atoms with Gasteiger partial charge in [-0.15, -0.1) is 0 Å². The molecular weight excluding hydrogens is 476 g/mol. The number of carbonyl (C=O) groups is 2. The number of amides is 2. The van der Waals surface area contributed by atoms with Crippen molar-refractivity contribution in [3.05, 3.63) is 104 Å². The van der Waals surface area contributed by atoms with E-state index in [2.05, 4.69) is 0 Å². The van der Waals surface area contributed by atoms with Gasteiger partial charge < -0.3 is 4.42 Å². The number of nitro groups is 1. The van der Waals surface area contributed by atoms with Crippen molar-refractivity contribution in [1.82, 2.24) is 4.90 Å². The number of carbonyl (C=O) groups excluding carboxylic acids is 2. The Labute approximate surface area is 202 Å². The van der Waals surface area contributed by atoms with E-state index in [0.29, 0.717) is 5.76 Å². The molecule has 1 fully saturated rings. The molecule has 0 unspecified atom stereocenters. The summed E-state index contributed by atoms with van der Waals surface area (Å²) in [5.41, 5.74) is 0.943. The van der Waals surface area contributed by atoms with Gasteiger partial charge in [0.2, 0.25) is 0 Å². The zero-order chi connectivity index (χ0) is 23.8. The second-order valence-corrected chi connectivity index (χ2v) is 8.96. The number of hydrogen-bond acceptors (Lipinski definition) is 6. The Balaban J connectivity index is 1.41. The van der Waals surface area contributed by atoms with Crippen LogP contribution in [0.25, 0.3) is 28.2 Å². The van der Waals surface area contributed by atoms with Crippen molar-refractivity contribution in [3.63, 3.8) is 0 Å². The third-order valence-electron chi connectivity index (χ3n) is 5.40. The fourth-order valence-electron chi connectivity index (χ4n) is 3.81. The number of furan rings is 1. The Morgan fingerprint density at radius 2 is 1.82 bits per heavy atom. The number of halogens is 1. The fraction of sp³-hybridized carbons (Fsp3) is 0.0400. The van der Waals surface area contributed by atoms with E-state index < -0.39 is 10.8 Å². The normalized spacial score (nSPS) is 15.0. The second-order valence-electron chi connectivity index (χ2n) is 7.53. The van der Waals surface area contributed by atoms with Gasteiger partial charge in [0.1, 0.15) is 11.5 Å². The largest absolute Gasteiger partial charge is 0.456 e. The number of nitro benzene ring substituents is 1. The van der Waals surface area contributed by atoms with Gasteiger partial charge in [-0.2, -0.15) is 0 Å². The molecule has 1 aliphatic heterocycles. The highest BCUT2D eigenvalue weighted by atomic mass is 35.5. The number of rotatable bonds is 5. The molecule has 9 heteroatoms. The van der Waals surface area contributed by atoms with E-state index in [4.69, 9.17) is 16.0 Å². The molecule has 34 heavy (non-hydrogen) atoms. The molecule has 2 heterocycles. The summed E-state index contributed by atoms with van der Waals surface area (Å²) in [6.07, 6.45) is 1.47. The number of imide groups is 1. The lowest BCUT2D eigenvalue weighted by molar-refractivity contribution is -0.384. The lowest BCUT2D eigenvalue weighted by Crippen LogP contribution is -2.27. The van der Waals surface area contributed by atoms with Gasteiger partial charge >= 0.3 is 0 Å². The number of nitrogens with zero attached hydrogens (tertiary/aromatic N) is 2. The molecule has 0 spiro atoms. The summed E-state index contributed by atoms with van der Waals surface area (Å²) in [6.45, 7) is 0.156. The standard InChI is InChI=1S/C25H15ClN2O5S/c26-17-8-10-20(21(12-17)28(31)32)22-11-9-18(33-22)13-23-24(29)27(25(30)34-23)14-16-6-3-5-15-4-1-2-7-19(15)16/h1-13H,14H2/b23-13+. The summed E-state index contributed by atoms with van der Waals surface area (Å²) in [5.74, 6) is 0.137. The van der Waals surface area contributed by atoms with Crippen molar-refractivity contribution in [2.75, 3.05) is 0 Å². The number of thioether (sulfide) groups is 1. The molecule has 0 atom stereocenters. The first-order valence-corrected chi connectivity index (χ1v) is 11.4. The van der Waals surface area contributed by atoms with Crippen LogP contribution in [-0.4, -0.2) is 21.0 Å². The molecule has 0 bridgehead atoms. The summed E-state index contributed by atoms with van der Waals surface area (Å²) in [6, 6.07) is 21.0. The lowest BCUT2D eigenvalue weighted by atomic mass is 10.0. The molecule has 1 aliphatic rings. The molecule has 0 N–H and O–H groups in total. The molecule has 7 nitrogen and oxygen atoms in total. The first-order chi connectivity index (χ1) is 16.4. The van der Waals surface area contributed by atoms with Gasteiger partial charge in [-0.25, -0.2) is 0 Å². The minimum Gasteiger partial charge on any atom is -0.456 e. The number of benzene rings is 3. The maximum atomic E-state index is 13.0. The van der Waals surface area contributed by atoms with Crippen LogP contribution in [0.15, 0.2) is 82.1 Å². The van der Waals surface area contributed by atoms with Crippen LogP contribution in [-0.2, 0) is 11.3 Å². The quantitative estimate of drug-likeness (QED) is 0.171. The predicted molar refractivity (Wildman–Crippen MR) is 131 cm³/mol. The molecule has 1 saturated heterocycles. The van der Waals surface area contributed by atoms with Crippen LogP contribution in [0.1, 0.15) is 11.3 Å². The lowest BCUT2D eigenvalue weighted by Gasteiger charge is -2.14. The smallest absolute Gasteiger partial charge is 0.293 e. The first-order valence-electron chi connectivity index (χ1n) is 10.2. The van der Waals surface area contributed by atoms with Gasteiger partial charge in [0.15, 0.2) is 0 Å². The highest BCUT2D eigenvalue weighted by molar-refractivity contribution is 8.18. The molecule has 0 aliphatic carbocycles. The van der Waals surface area contributed by atoms with Gasteiger partial charge in [0.05, 0.1) is 21.9 Å². The van der Waals surface area contributed by atoms with E-state index in [1.165, 1.54) is 29.2 Å². The Morgan fingerprint density at radius 1 is 1.03 bits per heavy atom. The average Bonchev–Trinajstić information content (AvgIpc) is 3.39. The number of fused-ring (bicyclic) bond motifs is 1. The van der Waals surface area contributed by atoms with E-state index >= 15 is 0 Å². The van der Waals surface area contributed by atoms with Gasteiger partial charge in [-0.1, -0.05) is 54.1 Å². The van der Waals surface area contributed by atoms with Crippen molar-refractivity contribution >= 4 is 57.0 Å². The van der Waals surface area contributed by atoms with Crippen molar-refractivity contribution < 1.29 is 18.9 Å². The summed E-state index contributed by atoms with van der Waals surface area (Å²) in [5, 5.41) is 13.3. The van der Waals surface area contributed by atoms with Crippen molar-refractivity contribution in [2.24, 2.45) is 0 Å². The third kappa shape index (κ3) is 4.09. The second kappa shape index (κ2) is 8.81. The van der Waals surface area contributed by atoms with E-state index in [1.54, 1.807) is 12.1 Å². The molecule has 0 radical (unpaired) electrons. The van der Waals surface area contributed by atoms with Crippen molar-refractivity contribution in [3.8, 4) is 11.3 Å². The summed E-state index contributed by atoms with van der Waals surface area (Å²) in [4.78, 5) is 37.9. The van der Waals surface area contributed by atoms with E-state index in [-0.39, 0.29) is 38.7 Å². The van der Waals surface area contributed by atoms with E-state index in [1.807, 2.05) is 42.5 Å². The zero-order valence-electron chi connectivity index (χ0n) is 17.4. The third-order valence-corrected chi connectivity index (χ3v) is 6.55. The van der Waals surface area contributed by atoms with Gasteiger partial charge in [-0.3, -0.25) is 24.6 Å². The van der Waals surface area contributed by atoms with Crippen LogP contribution in [0.5, 0.6) is 0 Å². The highest BCUT2D eigenvalue weighted by Crippen LogP contribution is 2.37. The fourth-order valence-corrected chi connectivity index (χ4v) is 4.79. The SMILES string of the molecule is O=C1S/C(=C/c2ccc(-c3ccc(Cl)cc3[N+](=O)[O-])o2)C(=O)N1Cc1cccc2ccccc12. The van der Waals surface area contributed by atoms with Crippen molar-refractivity contribution in [2.45, 2.75) is 6.54 Å². The highest BCUT2D eigenvalue weighted by Gasteiger charge is 2.35. The predicted octanol–water partition coefficient (Wildman–Crippen LogP) is 6.90. The topological polar surface area (TPSA) is 93.7 Å². The molecule has 4 aromatic rings. The molecule has 0 saturated carbocycles. The van der Waals surface area contributed by atoms with Crippen LogP contribution in [0.3, 0.4) is 0 Å². The van der Waals surface area contributed by atoms with Crippen LogP contribution in [0.4, 0.5) is 10.5 Å². The van der Waals surface area contributed by atoms with E-state index in [9.17, 15) is 19.7 Å². The molecule has 3 aromatic carbocycles. The summed E-state index contributed by atoms with van der Waals surface area (Å²) in [7, 11) is 0. The number of hydrogen-bond donors (Lipinski definition) is 0. The zero-order valence-corrected chi connectivity index (χ0v) is 19.0. The Morgan fingerprint density at radius 3 is 2.65 bits per heavy atom.